The molecule has 0 saturated heterocycles. The molecule has 4 aromatic rings. The molecule has 0 aromatic carbocycles. The van der Waals surface area contributed by atoms with Crippen LogP contribution in [0.5, 0.6) is 0 Å². The van der Waals surface area contributed by atoms with Gasteiger partial charge in [-0.05, 0) is 36.8 Å². The maximum absolute atomic E-state index is 5.93. The summed E-state index contributed by atoms with van der Waals surface area (Å²) in [6, 6.07) is 4.38. The van der Waals surface area contributed by atoms with Crippen LogP contribution >= 0.6 is 94.2 Å². The van der Waals surface area contributed by atoms with E-state index in [0.717, 1.165) is 96.2 Å². The minimum atomic E-state index is 0.615. The quantitative estimate of drug-likeness (QED) is 0.119. The molecular formula is C32H36N4S8. The van der Waals surface area contributed by atoms with Crippen LogP contribution in [0.15, 0.2) is 12.1 Å². The van der Waals surface area contributed by atoms with Crippen LogP contribution in [0.25, 0.3) is 29.4 Å². The summed E-state index contributed by atoms with van der Waals surface area (Å²) in [5.74, 6) is 1.23. The van der Waals surface area contributed by atoms with E-state index >= 15 is 0 Å². The number of nitrogens with zero attached hydrogens (tertiary/aromatic N) is 4. The first kappa shape index (κ1) is 32.8. The maximum Gasteiger partial charge on any atom is 0.155 e. The molecule has 6 rings (SSSR count). The molecule has 2 aliphatic heterocycles. The van der Waals surface area contributed by atoms with E-state index in [-0.39, 0.29) is 0 Å². The number of unbranched alkanes of at least 4 members (excludes halogenated alkanes) is 2. The molecule has 0 spiro atoms. The van der Waals surface area contributed by atoms with Crippen LogP contribution in [0.3, 0.4) is 0 Å². The zero-order valence-electron chi connectivity index (χ0n) is 25.4. The van der Waals surface area contributed by atoms with Crippen molar-refractivity contribution < 1.29 is 0 Å². The number of thiophene rings is 2. The van der Waals surface area contributed by atoms with Gasteiger partial charge in [-0.2, -0.15) is 0 Å². The predicted octanol–water partition coefficient (Wildman–Crippen LogP) is 11.0. The molecule has 232 valence electrons. The fraction of sp³-hybridized carbons (Fsp3) is 0.500. The highest BCUT2D eigenvalue weighted by Gasteiger charge is 2.35. The smallest absolute Gasteiger partial charge is 0.155 e. The van der Waals surface area contributed by atoms with Crippen molar-refractivity contribution in [2.75, 3.05) is 13.1 Å². The molecule has 0 bridgehead atoms. The van der Waals surface area contributed by atoms with E-state index < -0.39 is 0 Å². The Bertz CT molecular complexity index is 1520. The molecule has 0 saturated carbocycles. The number of hydrogen-bond acceptors (Lipinski definition) is 10. The molecule has 2 unspecified atom stereocenters. The van der Waals surface area contributed by atoms with Gasteiger partial charge in [-0.15, -0.1) is 22.7 Å². The Kier molecular flexibility index (Phi) is 10.4. The van der Waals surface area contributed by atoms with Gasteiger partial charge in [0, 0.05) is 24.2 Å². The second-order valence-corrected chi connectivity index (χ2v) is 17.2. The third-order valence-corrected chi connectivity index (χ3v) is 15.3. The standard InChI is InChI=1S/C32H36N4S8/c1-5-9-11-17(7-3)15-35-29(37)19-13-21(41-23(19)31(35)39)25-33-27-28(43-25)34-26(44-27)22-14-20-24(42-22)32(40)36(30(20)38)16-18(8-4)12-10-6-2/h13-14,17-18H,5-12,15-16H2,1-4H3. The summed E-state index contributed by atoms with van der Waals surface area (Å²) >= 11 is 30.4. The molecule has 0 N–H and O–H groups in total. The lowest BCUT2D eigenvalue weighted by Gasteiger charge is -2.24. The van der Waals surface area contributed by atoms with E-state index in [1.54, 1.807) is 45.3 Å². The summed E-state index contributed by atoms with van der Waals surface area (Å²) in [6.45, 7) is 10.9. The lowest BCUT2D eigenvalue weighted by Crippen LogP contribution is -2.33. The summed E-state index contributed by atoms with van der Waals surface area (Å²) in [6.07, 6.45) is 9.69. The van der Waals surface area contributed by atoms with E-state index in [1.807, 2.05) is 0 Å². The molecule has 2 atom stereocenters. The third kappa shape index (κ3) is 6.14. The van der Waals surface area contributed by atoms with Crippen molar-refractivity contribution in [3.8, 4) is 19.8 Å². The Labute approximate surface area is 297 Å². The zero-order chi connectivity index (χ0) is 31.1. The number of aromatic nitrogens is 2. The van der Waals surface area contributed by atoms with Crippen LogP contribution in [0.2, 0.25) is 0 Å². The number of rotatable bonds is 14. The molecule has 6 heterocycles. The lowest BCUT2D eigenvalue weighted by atomic mass is 9.99. The van der Waals surface area contributed by atoms with Gasteiger partial charge >= 0.3 is 0 Å². The first-order valence-corrected chi connectivity index (χ1v) is 20.5. The number of fused-ring (bicyclic) bond motifs is 3. The van der Waals surface area contributed by atoms with Crippen molar-refractivity contribution in [1.82, 2.24) is 19.8 Å². The fourth-order valence-electron chi connectivity index (χ4n) is 5.88. The van der Waals surface area contributed by atoms with Crippen LogP contribution in [0.1, 0.15) is 99.9 Å². The lowest BCUT2D eigenvalue weighted by molar-refractivity contribution is 0.391. The molecule has 2 aliphatic rings. The van der Waals surface area contributed by atoms with Crippen molar-refractivity contribution in [1.29, 1.82) is 0 Å². The van der Waals surface area contributed by atoms with Gasteiger partial charge in [0.2, 0.25) is 0 Å². The average molecular weight is 733 g/mol. The minimum absolute atomic E-state index is 0.615. The normalized spacial score (nSPS) is 16.1. The highest BCUT2D eigenvalue weighted by Crippen LogP contribution is 2.45. The molecule has 4 aromatic heterocycles. The van der Waals surface area contributed by atoms with Gasteiger partial charge in [-0.1, -0.05) is 138 Å². The fourth-order valence-corrected chi connectivity index (χ4v) is 11.9. The van der Waals surface area contributed by atoms with Crippen molar-refractivity contribution in [2.45, 2.75) is 79.1 Å². The summed E-state index contributed by atoms with van der Waals surface area (Å²) in [5.41, 5.74) is 2.18. The van der Waals surface area contributed by atoms with E-state index in [0.29, 0.717) is 11.8 Å². The summed E-state index contributed by atoms with van der Waals surface area (Å²) in [7, 11) is 0. The molecule has 4 nitrogen and oxygen atoms in total. The number of thiazole rings is 2. The van der Waals surface area contributed by atoms with Gasteiger partial charge in [0.15, 0.2) is 9.66 Å². The predicted molar refractivity (Wildman–Crippen MR) is 209 cm³/mol. The molecule has 12 heteroatoms. The van der Waals surface area contributed by atoms with Crippen molar-refractivity contribution in [2.24, 2.45) is 11.8 Å². The van der Waals surface area contributed by atoms with Crippen LogP contribution < -0.4 is 0 Å². The number of hydrogen-bond donors (Lipinski definition) is 0. The highest BCUT2D eigenvalue weighted by molar-refractivity contribution is 7.83. The Morgan fingerprint density at radius 2 is 1.02 bits per heavy atom. The van der Waals surface area contributed by atoms with E-state index in [4.69, 9.17) is 58.8 Å². The van der Waals surface area contributed by atoms with Gasteiger partial charge < -0.3 is 9.80 Å². The Morgan fingerprint density at radius 1 is 0.614 bits per heavy atom. The third-order valence-electron chi connectivity index (χ3n) is 8.66. The van der Waals surface area contributed by atoms with Crippen molar-refractivity contribution in [3.05, 3.63) is 33.0 Å². The van der Waals surface area contributed by atoms with Gasteiger partial charge in [0.05, 0.1) is 19.5 Å². The molecule has 0 aliphatic carbocycles. The Morgan fingerprint density at radius 3 is 1.36 bits per heavy atom. The van der Waals surface area contributed by atoms with Crippen LogP contribution in [0.4, 0.5) is 0 Å². The topological polar surface area (TPSA) is 32.3 Å². The summed E-state index contributed by atoms with van der Waals surface area (Å²) in [5, 5.41) is 1.97. The first-order valence-electron chi connectivity index (χ1n) is 15.6. The van der Waals surface area contributed by atoms with Gasteiger partial charge in [-0.25, -0.2) is 9.97 Å². The van der Waals surface area contributed by atoms with Crippen LogP contribution in [-0.4, -0.2) is 52.8 Å². The van der Waals surface area contributed by atoms with Crippen molar-refractivity contribution in [3.63, 3.8) is 0 Å². The molecule has 0 radical (unpaired) electrons. The van der Waals surface area contributed by atoms with E-state index in [1.165, 1.54) is 38.5 Å². The molecule has 0 amide bonds. The number of thiocarbonyl (C=S) groups is 4. The average Bonchev–Trinajstić information content (AvgIpc) is 3.85. The van der Waals surface area contributed by atoms with Gasteiger partial charge in [0.1, 0.15) is 30.0 Å². The molecule has 0 fully saturated rings. The second kappa shape index (κ2) is 13.9. The highest BCUT2D eigenvalue weighted by atomic mass is 32.1. The SMILES string of the molecule is CCCCC(CC)CN1C(=S)c2cc(-c3nc4sc(-c5cc6c(s5)C(=S)N(CC(CC)CCCC)C6=S)nc4s3)sc2C1=S. The van der Waals surface area contributed by atoms with Crippen LogP contribution in [-0.2, 0) is 0 Å². The van der Waals surface area contributed by atoms with E-state index in [2.05, 4.69) is 49.6 Å². The van der Waals surface area contributed by atoms with E-state index in [9.17, 15) is 0 Å². The minimum Gasteiger partial charge on any atom is -0.322 e. The van der Waals surface area contributed by atoms with Crippen molar-refractivity contribution >= 4 is 124 Å². The van der Waals surface area contributed by atoms with Gasteiger partial charge in [0.25, 0.3) is 0 Å². The first-order chi connectivity index (χ1) is 21.3. The molecular weight excluding hydrogens is 697 g/mol. The summed E-state index contributed by atoms with van der Waals surface area (Å²) < 4.78 is 0. The zero-order valence-corrected chi connectivity index (χ0v) is 32.0. The largest absolute Gasteiger partial charge is 0.322 e. The molecule has 44 heavy (non-hydrogen) atoms. The monoisotopic (exact) mass is 732 g/mol. The van der Waals surface area contributed by atoms with Gasteiger partial charge in [-0.3, -0.25) is 0 Å². The Hall–Kier alpha value is -1.12. The van der Waals surface area contributed by atoms with Crippen LogP contribution in [0, 0.1) is 11.8 Å². The summed E-state index contributed by atoms with van der Waals surface area (Å²) in [4.78, 5) is 24.3. The Balaban J connectivity index is 1.16. The second-order valence-electron chi connectivity index (χ2n) is 11.6. The maximum atomic E-state index is 5.93.